The minimum atomic E-state index is -1.45. The molecule has 1 aliphatic rings. The zero-order chi connectivity index (χ0) is 15.6. The summed E-state index contributed by atoms with van der Waals surface area (Å²) in [7, 11) is 1.85. The molecule has 4 N–H and O–H groups in total. The Bertz CT molecular complexity index is 474. The molecule has 0 saturated carbocycles. The molecule has 6 nitrogen and oxygen atoms in total. The van der Waals surface area contributed by atoms with Gasteiger partial charge in [0.2, 0.25) is 0 Å². The fourth-order valence-corrected chi connectivity index (χ4v) is 2.85. The van der Waals surface area contributed by atoms with Crippen LogP contribution in [0.5, 0.6) is 0 Å². The lowest BCUT2D eigenvalue weighted by molar-refractivity contribution is -0.128. The number of aliphatic hydroxyl groups is 4. The van der Waals surface area contributed by atoms with Gasteiger partial charge in [-0.15, -0.1) is 0 Å². The monoisotopic (exact) mass is 361 g/mol. The highest BCUT2D eigenvalue weighted by Crippen LogP contribution is 2.32. The topological polar surface area (TPSA) is 93.4 Å². The van der Waals surface area contributed by atoms with E-state index in [9.17, 15) is 15.3 Å². The van der Waals surface area contributed by atoms with Gasteiger partial charge in [0.15, 0.2) is 0 Å². The van der Waals surface area contributed by atoms with E-state index in [-0.39, 0.29) is 6.23 Å². The molecule has 118 valence electrons. The summed E-state index contributed by atoms with van der Waals surface area (Å²) in [6.07, 6.45) is -5.09. The van der Waals surface area contributed by atoms with Crippen molar-refractivity contribution in [1.82, 2.24) is 4.90 Å². The van der Waals surface area contributed by atoms with Crippen LogP contribution in [-0.4, -0.2) is 69.9 Å². The smallest absolute Gasteiger partial charge is 0.137 e. The Labute approximate surface area is 131 Å². The summed E-state index contributed by atoms with van der Waals surface area (Å²) in [5, 5.41) is 38.1. The molecule has 0 amide bonds. The number of likely N-dealkylation sites (N-methyl/N-ethyl adjacent to an activating group) is 1. The van der Waals surface area contributed by atoms with Gasteiger partial charge in [-0.1, -0.05) is 28.1 Å². The van der Waals surface area contributed by atoms with Gasteiger partial charge >= 0.3 is 0 Å². The maximum absolute atomic E-state index is 10.1. The summed E-state index contributed by atoms with van der Waals surface area (Å²) in [6, 6.07) is 7.64. The quantitative estimate of drug-likeness (QED) is 0.583. The number of hydrogen-bond donors (Lipinski definition) is 4. The van der Waals surface area contributed by atoms with Crippen molar-refractivity contribution in [2.24, 2.45) is 0 Å². The van der Waals surface area contributed by atoms with Crippen LogP contribution in [0.25, 0.3) is 0 Å². The lowest BCUT2D eigenvalue weighted by Crippen LogP contribution is -2.47. The summed E-state index contributed by atoms with van der Waals surface area (Å²) < 4.78 is 6.72. The summed E-state index contributed by atoms with van der Waals surface area (Å²) in [4.78, 5) is 1.91. The average Bonchev–Trinajstić information content (AvgIpc) is 2.86. The molecule has 2 rings (SSSR count). The second-order valence-electron chi connectivity index (χ2n) is 5.25. The van der Waals surface area contributed by atoms with Gasteiger partial charge in [-0.05, 0) is 24.7 Å². The van der Waals surface area contributed by atoms with E-state index in [2.05, 4.69) is 15.9 Å². The molecule has 21 heavy (non-hydrogen) atoms. The number of halogens is 1. The number of benzene rings is 1. The molecule has 7 heteroatoms. The van der Waals surface area contributed by atoms with Gasteiger partial charge in [0.05, 0.1) is 6.61 Å². The van der Waals surface area contributed by atoms with E-state index in [1.165, 1.54) is 0 Å². The predicted molar refractivity (Wildman–Crippen MR) is 79.5 cm³/mol. The second kappa shape index (κ2) is 7.15. The van der Waals surface area contributed by atoms with E-state index in [0.29, 0.717) is 6.54 Å². The first-order chi connectivity index (χ1) is 9.93. The normalized spacial score (nSPS) is 27.5. The van der Waals surface area contributed by atoms with Crippen LogP contribution in [0.4, 0.5) is 0 Å². The summed E-state index contributed by atoms with van der Waals surface area (Å²) in [5.74, 6) is 0. The lowest BCUT2D eigenvalue weighted by atomic mass is 10.0. The minimum absolute atomic E-state index is 0.333. The first-order valence-corrected chi connectivity index (χ1v) is 7.49. The van der Waals surface area contributed by atoms with Gasteiger partial charge in [-0.25, -0.2) is 0 Å². The third-order valence-corrected chi connectivity index (χ3v) is 4.11. The summed E-state index contributed by atoms with van der Waals surface area (Å²) in [6.45, 7) is -0.205. The van der Waals surface area contributed by atoms with Gasteiger partial charge in [0.25, 0.3) is 0 Å². The number of ether oxygens (including phenoxy) is 1. The standard InChI is InChI=1S/C14H20BrNO5/c1-16-6-11(13(20)12(19)10(18)7-17)21-14(16)8-3-2-4-9(15)5-8/h2-5,10-14,17-20H,6-7H2,1H3/t10-,11+,12-,13-,14-/m1/s1. The predicted octanol–water partition coefficient (Wildman–Crippen LogP) is -0.147. The Morgan fingerprint density at radius 1 is 1.38 bits per heavy atom. The maximum Gasteiger partial charge on any atom is 0.137 e. The molecule has 1 aromatic carbocycles. The fourth-order valence-electron chi connectivity index (χ4n) is 2.43. The lowest BCUT2D eigenvalue weighted by Gasteiger charge is -2.25. The molecule has 1 heterocycles. The minimum Gasteiger partial charge on any atom is -0.394 e. The van der Waals surface area contributed by atoms with E-state index >= 15 is 0 Å². The van der Waals surface area contributed by atoms with E-state index in [0.717, 1.165) is 10.0 Å². The third-order valence-electron chi connectivity index (χ3n) is 3.62. The van der Waals surface area contributed by atoms with Crippen molar-refractivity contribution in [2.45, 2.75) is 30.6 Å². The zero-order valence-corrected chi connectivity index (χ0v) is 13.2. The number of rotatable bonds is 5. The van der Waals surface area contributed by atoms with Crippen LogP contribution in [0.2, 0.25) is 0 Å². The molecular weight excluding hydrogens is 342 g/mol. The Balaban J connectivity index is 2.07. The van der Waals surface area contributed by atoms with Crippen molar-refractivity contribution in [1.29, 1.82) is 0 Å². The van der Waals surface area contributed by atoms with Gasteiger partial charge in [0, 0.05) is 11.0 Å². The maximum atomic E-state index is 10.1. The molecule has 0 aromatic heterocycles. The van der Waals surface area contributed by atoms with Crippen LogP contribution in [0.1, 0.15) is 11.8 Å². The Kier molecular flexibility index (Phi) is 5.73. The van der Waals surface area contributed by atoms with Crippen molar-refractivity contribution in [3.63, 3.8) is 0 Å². The molecule has 0 unspecified atom stereocenters. The van der Waals surface area contributed by atoms with Gasteiger partial charge in [0.1, 0.15) is 30.6 Å². The van der Waals surface area contributed by atoms with Gasteiger partial charge in [-0.2, -0.15) is 0 Å². The Hall–Kier alpha value is -0.540. The van der Waals surface area contributed by atoms with E-state index in [4.69, 9.17) is 9.84 Å². The highest BCUT2D eigenvalue weighted by molar-refractivity contribution is 9.10. The van der Waals surface area contributed by atoms with Crippen molar-refractivity contribution >= 4 is 15.9 Å². The van der Waals surface area contributed by atoms with Crippen LogP contribution in [0, 0.1) is 0 Å². The molecule has 0 spiro atoms. The fraction of sp³-hybridized carbons (Fsp3) is 0.571. The Morgan fingerprint density at radius 3 is 2.71 bits per heavy atom. The van der Waals surface area contributed by atoms with Crippen LogP contribution in [0.15, 0.2) is 28.7 Å². The zero-order valence-electron chi connectivity index (χ0n) is 11.6. The number of hydrogen-bond acceptors (Lipinski definition) is 6. The largest absolute Gasteiger partial charge is 0.394 e. The van der Waals surface area contributed by atoms with Crippen molar-refractivity contribution in [3.8, 4) is 0 Å². The van der Waals surface area contributed by atoms with Crippen LogP contribution >= 0.6 is 15.9 Å². The molecule has 0 aliphatic carbocycles. The van der Waals surface area contributed by atoms with E-state index in [1.54, 1.807) is 0 Å². The molecule has 1 fully saturated rings. The summed E-state index contributed by atoms with van der Waals surface area (Å²) >= 11 is 3.40. The molecule has 1 aliphatic heterocycles. The molecular formula is C14H20BrNO5. The van der Waals surface area contributed by atoms with Gasteiger partial charge < -0.3 is 25.2 Å². The molecule has 0 radical (unpaired) electrons. The molecule has 1 saturated heterocycles. The van der Waals surface area contributed by atoms with Crippen LogP contribution in [0.3, 0.4) is 0 Å². The van der Waals surface area contributed by atoms with Gasteiger partial charge in [-0.3, -0.25) is 4.90 Å². The van der Waals surface area contributed by atoms with Crippen molar-refractivity contribution in [2.75, 3.05) is 20.2 Å². The SMILES string of the molecule is CN1C[C@@H]([C@@H](O)[C@H](O)[C@H](O)CO)O[C@@H]1c1cccc(Br)c1. The average molecular weight is 362 g/mol. The van der Waals surface area contributed by atoms with Crippen LogP contribution in [-0.2, 0) is 4.74 Å². The number of nitrogens with zero attached hydrogens (tertiary/aromatic N) is 1. The first-order valence-electron chi connectivity index (χ1n) is 6.70. The highest BCUT2D eigenvalue weighted by Gasteiger charge is 2.40. The highest BCUT2D eigenvalue weighted by atomic mass is 79.9. The van der Waals surface area contributed by atoms with E-state index in [1.807, 2.05) is 36.2 Å². The molecule has 1 aromatic rings. The van der Waals surface area contributed by atoms with Crippen molar-refractivity contribution in [3.05, 3.63) is 34.3 Å². The first kappa shape index (κ1) is 16.8. The van der Waals surface area contributed by atoms with Crippen LogP contribution < -0.4 is 0 Å². The summed E-state index contributed by atoms with van der Waals surface area (Å²) in [5.41, 5.74) is 0.929. The molecule has 5 atom stereocenters. The third kappa shape index (κ3) is 3.81. The molecule has 0 bridgehead atoms. The van der Waals surface area contributed by atoms with Crippen molar-refractivity contribution < 1.29 is 25.2 Å². The van der Waals surface area contributed by atoms with E-state index < -0.39 is 31.0 Å². The second-order valence-corrected chi connectivity index (χ2v) is 6.17. The Morgan fingerprint density at radius 2 is 2.10 bits per heavy atom. The number of aliphatic hydroxyl groups excluding tert-OH is 4.